The molecule has 1 heterocycles. The Balaban J connectivity index is 2.23. The number of carbonyl (C=O) groups is 2. The van der Waals surface area contributed by atoms with Crippen molar-refractivity contribution >= 4 is 11.9 Å². The Morgan fingerprint density at radius 1 is 1.53 bits per heavy atom. The number of nitrogens with one attached hydrogen (secondary N) is 1. The summed E-state index contributed by atoms with van der Waals surface area (Å²) in [6, 6.07) is 0. The smallest absolute Gasteiger partial charge is 0.303 e. The summed E-state index contributed by atoms with van der Waals surface area (Å²) in [6.07, 6.45) is 1.54. The third kappa shape index (κ3) is 3.87. The number of carboxylic acid groups (broad SMARTS) is 1. The third-order valence-corrected chi connectivity index (χ3v) is 2.67. The predicted molar refractivity (Wildman–Crippen MR) is 55.5 cm³/mol. The Hall–Kier alpha value is -1.10. The standard InChI is InChI=1S/C10H18N2O3/c1-12(6-2-3-9(13)14)10(15)8-4-5-11-7-8/h8,11H,2-7H2,1H3,(H,13,14). The second-order valence-electron chi connectivity index (χ2n) is 3.95. The van der Waals surface area contributed by atoms with Crippen molar-refractivity contribution in [1.29, 1.82) is 0 Å². The SMILES string of the molecule is CN(CCCC(=O)O)C(=O)C1CCNC1. The van der Waals surface area contributed by atoms with Gasteiger partial charge in [0.05, 0.1) is 5.92 Å². The van der Waals surface area contributed by atoms with Crippen molar-refractivity contribution in [2.45, 2.75) is 19.3 Å². The van der Waals surface area contributed by atoms with Gasteiger partial charge in [-0.3, -0.25) is 9.59 Å². The second-order valence-corrected chi connectivity index (χ2v) is 3.95. The zero-order valence-corrected chi connectivity index (χ0v) is 9.03. The van der Waals surface area contributed by atoms with Crippen LogP contribution in [0.3, 0.4) is 0 Å². The van der Waals surface area contributed by atoms with Crippen LogP contribution >= 0.6 is 0 Å². The van der Waals surface area contributed by atoms with Crippen LogP contribution in [-0.2, 0) is 9.59 Å². The molecule has 0 aromatic rings. The number of hydrogen-bond donors (Lipinski definition) is 2. The molecule has 0 spiro atoms. The molecule has 1 fully saturated rings. The Kier molecular flexibility index (Phi) is 4.55. The van der Waals surface area contributed by atoms with Gasteiger partial charge in [-0.25, -0.2) is 0 Å². The van der Waals surface area contributed by atoms with Gasteiger partial charge in [-0.1, -0.05) is 0 Å². The fraction of sp³-hybridized carbons (Fsp3) is 0.800. The van der Waals surface area contributed by atoms with Crippen molar-refractivity contribution in [2.75, 3.05) is 26.7 Å². The number of carboxylic acids is 1. The first-order chi connectivity index (χ1) is 7.11. The van der Waals surface area contributed by atoms with Gasteiger partial charge in [-0.15, -0.1) is 0 Å². The van der Waals surface area contributed by atoms with Crippen LogP contribution < -0.4 is 5.32 Å². The Morgan fingerprint density at radius 2 is 2.27 bits per heavy atom. The summed E-state index contributed by atoms with van der Waals surface area (Å²) in [5, 5.41) is 11.6. The van der Waals surface area contributed by atoms with Gasteiger partial charge in [0, 0.05) is 26.6 Å². The number of amides is 1. The maximum Gasteiger partial charge on any atom is 0.303 e. The fourth-order valence-corrected chi connectivity index (χ4v) is 1.75. The summed E-state index contributed by atoms with van der Waals surface area (Å²) in [7, 11) is 1.74. The van der Waals surface area contributed by atoms with Crippen molar-refractivity contribution in [3.05, 3.63) is 0 Å². The highest BCUT2D eigenvalue weighted by atomic mass is 16.4. The van der Waals surface area contributed by atoms with Gasteiger partial charge in [0.2, 0.25) is 5.91 Å². The molecule has 0 saturated carbocycles. The van der Waals surface area contributed by atoms with Crippen LogP contribution in [0.25, 0.3) is 0 Å². The molecule has 5 nitrogen and oxygen atoms in total. The number of hydrogen-bond acceptors (Lipinski definition) is 3. The summed E-state index contributed by atoms with van der Waals surface area (Å²) in [5.74, 6) is -0.594. The largest absolute Gasteiger partial charge is 0.481 e. The van der Waals surface area contributed by atoms with Crippen molar-refractivity contribution in [2.24, 2.45) is 5.92 Å². The quantitative estimate of drug-likeness (QED) is 0.671. The van der Waals surface area contributed by atoms with Gasteiger partial charge in [0.15, 0.2) is 0 Å². The third-order valence-electron chi connectivity index (χ3n) is 2.67. The number of carbonyl (C=O) groups excluding carboxylic acids is 1. The van der Waals surface area contributed by atoms with E-state index < -0.39 is 5.97 Å². The zero-order chi connectivity index (χ0) is 11.3. The molecule has 86 valence electrons. The van der Waals surface area contributed by atoms with Crippen molar-refractivity contribution in [1.82, 2.24) is 10.2 Å². The van der Waals surface area contributed by atoms with E-state index in [1.165, 1.54) is 0 Å². The fourth-order valence-electron chi connectivity index (χ4n) is 1.75. The van der Waals surface area contributed by atoms with E-state index in [0.717, 1.165) is 19.5 Å². The van der Waals surface area contributed by atoms with E-state index in [-0.39, 0.29) is 18.2 Å². The molecule has 2 N–H and O–H groups in total. The highest BCUT2D eigenvalue weighted by molar-refractivity contribution is 5.79. The maximum absolute atomic E-state index is 11.8. The summed E-state index contributed by atoms with van der Waals surface area (Å²) < 4.78 is 0. The lowest BCUT2D eigenvalue weighted by Crippen LogP contribution is -2.34. The van der Waals surface area contributed by atoms with E-state index in [1.807, 2.05) is 0 Å². The molecular formula is C10H18N2O3. The lowest BCUT2D eigenvalue weighted by molar-refractivity contribution is -0.138. The molecule has 0 bridgehead atoms. The topological polar surface area (TPSA) is 69.6 Å². The average Bonchev–Trinajstić information content (AvgIpc) is 2.68. The number of aliphatic carboxylic acids is 1. The molecule has 15 heavy (non-hydrogen) atoms. The molecule has 0 aliphatic carbocycles. The van der Waals surface area contributed by atoms with Crippen molar-refractivity contribution < 1.29 is 14.7 Å². The van der Waals surface area contributed by atoms with E-state index in [9.17, 15) is 9.59 Å². The second kappa shape index (κ2) is 5.70. The van der Waals surface area contributed by atoms with Crippen LogP contribution in [0.5, 0.6) is 0 Å². The Labute approximate surface area is 89.4 Å². The molecule has 1 atom stereocenters. The number of nitrogens with zero attached hydrogens (tertiary/aromatic N) is 1. The van der Waals surface area contributed by atoms with Crippen LogP contribution in [0.4, 0.5) is 0 Å². The van der Waals surface area contributed by atoms with E-state index in [4.69, 9.17) is 5.11 Å². The molecule has 1 aliphatic rings. The average molecular weight is 214 g/mol. The highest BCUT2D eigenvalue weighted by Crippen LogP contribution is 2.11. The molecular weight excluding hydrogens is 196 g/mol. The first-order valence-corrected chi connectivity index (χ1v) is 5.28. The van der Waals surface area contributed by atoms with Crippen LogP contribution in [0.2, 0.25) is 0 Å². The van der Waals surface area contributed by atoms with E-state index in [1.54, 1.807) is 11.9 Å². The molecule has 5 heteroatoms. The predicted octanol–water partition coefficient (Wildman–Crippen LogP) is -0.0809. The number of rotatable bonds is 5. The molecule has 1 aliphatic heterocycles. The molecule has 0 aromatic heterocycles. The van der Waals surface area contributed by atoms with Gasteiger partial charge in [0.1, 0.15) is 0 Å². The summed E-state index contributed by atoms with van der Waals surface area (Å²) in [4.78, 5) is 23.7. The van der Waals surface area contributed by atoms with Crippen molar-refractivity contribution in [3.63, 3.8) is 0 Å². The van der Waals surface area contributed by atoms with Gasteiger partial charge >= 0.3 is 5.97 Å². The lowest BCUT2D eigenvalue weighted by Gasteiger charge is -2.20. The molecule has 0 aromatic carbocycles. The van der Waals surface area contributed by atoms with Gasteiger partial charge in [-0.2, -0.15) is 0 Å². The molecule has 1 saturated heterocycles. The first kappa shape index (κ1) is 12.0. The van der Waals surface area contributed by atoms with E-state index in [0.29, 0.717) is 13.0 Å². The van der Waals surface area contributed by atoms with Crippen LogP contribution in [0, 0.1) is 5.92 Å². The van der Waals surface area contributed by atoms with Crippen LogP contribution in [-0.4, -0.2) is 48.6 Å². The van der Waals surface area contributed by atoms with Crippen molar-refractivity contribution in [3.8, 4) is 0 Å². The van der Waals surface area contributed by atoms with Crippen LogP contribution in [0.15, 0.2) is 0 Å². The van der Waals surface area contributed by atoms with Gasteiger partial charge < -0.3 is 15.3 Å². The Morgan fingerprint density at radius 3 is 2.80 bits per heavy atom. The molecule has 1 rings (SSSR count). The molecule has 1 unspecified atom stereocenters. The van der Waals surface area contributed by atoms with E-state index in [2.05, 4.69) is 5.32 Å². The summed E-state index contributed by atoms with van der Waals surface area (Å²) >= 11 is 0. The first-order valence-electron chi connectivity index (χ1n) is 5.28. The maximum atomic E-state index is 11.8. The molecule has 0 radical (unpaired) electrons. The minimum Gasteiger partial charge on any atom is -0.481 e. The van der Waals surface area contributed by atoms with E-state index >= 15 is 0 Å². The Bertz CT molecular complexity index is 237. The minimum absolute atomic E-state index is 0.0832. The zero-order valence-electron chi connectivity index (χ0n) is 9.03. The lowest BCUT2D eigenvalue weighted by atomic mass is 10.1. The minimum atomic E-state index is -0.807. The summed E-state index contributed by atoms with van der Waals surface area (Å²) in [6.45, 7) is 2.18. The monoisotopic (exact) mass is 214 g/mol. The summed E-state index contributed by atoms with van der Waals surface area (Å²) in [5.41, 5.74) is 0. The molecule has 1 amide bonds. The van der Waals surface area contributed by atoms with Crippen LogP contribution in [0.1, 0.15) is 19.3 Å². The normalized spacial score (nSPS) is 20.2. The van der Waals surface area contributed by atoms with Gasteiger partial charge in [-0.05, 0) is 19.4 Å². The highest BCUT2D eigenvalue weighted by Gasteiger charge is 2.24. The van der Waals surface area contributed by atoms with Gasteiger partial charge in [0.25, 0.3) is 0 Å².